The van der Waals surface area contributed by atoms with Gasteiger partial charge in [0, 0.05) is 13.0 Å². The summed E-state index contributed by atoms with van der Waals surface area (Å²) in [5.41, 5.74) is 2.10. The molecule has 1 aromatic heterocycles. The largest absolute Gasteiger partial charge is 0.469 e. The molecule has 48 heavy (non-hydrogen) atoms. The van der Waals surface area contributed by atoms with Crippen LogP contribution in [0.4, 0.5) is 0 Å². The Morgan fingerprint density at radius 1 is 1.00 bits per heavy atom. The number of carbonyl (C=O) groups excluding carboxylic acids is 2. The number of aromatic nitrogens is 2. The Balaban J connectivity index is 0.996. The van der Waals surface area contributed by atoms with Crippen molar-refractivity contribution in [1.82, 2.24) is 14.9 Å². The SMILES string of the molecule is COC(=O)CC[C@@H](C)[C@H]1CC[C@H]2[C@@H]3CC[C@H]4C[C@H](OC(=O)CSc5nc(C)c(CN6CCC(C)CC6)c(=O)[nH]5)CC[C@]4(C)[C@H]3CC[C@]12C. The zero-order valence-corrected chi connectivity index (χ0v) is 31.3. The first kappa shape index (κ1) is 35.9. The number of nitrogens with one attached hydrogen (secondary N) is 1. The number of methoxy groups -OCH3 is 1. The van der Waals surface area contributed by atoms with Gasteiger partial charge in [-0.15, -0.1) is 0 Å². The number of fused-ring (bicyclic) bond motifs is 5. The number of aromatic amines is 1. The highest BCUT2D eigenvalue weighted by Crippen LogP contribution is 2.68. The van der Waals surface area contributed by atoms with Gasteiger partial charge in [0.15, 0.2) is 5.16 Å². The monoisotopic (exact) mass is 683 g/mol. The van der Waals surface area contributed by atoms with E-state index in [2.05, 4.69) is 42.6 Å². The Kier molecular flexibility index (Phi) is 11.1. The zero-order chi connectivity index (χ0) is 34.2. The van der Waals surface area contributed by atoms with E-state index in [1.807, 2.05) is 6.92 Å². The Morgan fingerprint density at radius 2 is 1.73 bits per heavy atom. The Bertz CT molecular complexity index is 1380. The molecule has 0 unspecified atom stereocenters. The molecule has 0 spiro atoms. The lowest BCUT2D eigenvalue weighted by molar-refractivity contribution is -0.160. The van der Waals surface area contributed by atoms with E-state index in [4.69, 9.17) is 9.47 Å². The van der Waals surface area contributed by atoms with Crippen molar-refractivity contribution in [2.75, 3.05) is 26.0 Å². The number of ether oxygens (including phenoxy) is 2. The predicted molar refractivity (Wildman–Crippen MR) is 190 cm³/mol. The van der Waals surface area contributed by atoms with E-state index in [1.165, 1.54) is 70.2 Å². The number of hydrogen-bond acceptors (Lipinski definition) is 8. The maximum atomic E-state index is 13.0. The third kappa shape index (κ3) is 7.29. The molecule has 1 aromatic rings. The molecule has 1 N–H and O–H groups in total. The van der Waals surface area contributed by atoms with E-state index in [9.17, 15) is 14.4 Å². The van der Waals surface area contributed by atoms with Crippen molar-refractivity contribution in [3.05, 3.63) is 21.6 Å². The lowest BCUT2D eigenvalue weighted by atomic mass is 9.44. The summed E-state index contributed by atoms with van der Waals surface area (Å²) in [6, 6.07) is 0. The molecular formula is C39H61N3O5S. The highest BCUT2D eigenvalue weighted by Gasteiger charge is 2.60. The number of rotatable bonds is 10. The molecule has 4 aliphatic carbocycles. The minimum atomic E-state index is -0.208. The van der Waals surface area contributed by atoms with Crippen LogP contribution in [-0.4, -0.2) is 58.9 Å². The highest BCUT2D eigenvalue weighted by atomic mass is 32.2. The van der Waals surface area contributed by atoms with Gasteiger partial charge in [-0.05, 0) is 149 Å². The van der Waals surface area contributed by atoms with Gasteiger partial charge < -0.3 is 14.5 Å². The summed E-state index contributed by atoms with van der Waals surface area (Å²) in [6.45, 7) is 14.4. The molecule has 9 heteroatoms. The van der Waals surface area contributed by atoms with Crippen LogP contribution in [-0.2, 0) is 25.6 Å². The molecule has 2 heterocycles. The van der Waals surface area contributed by atoms with Crippen LogP contribution in [0.2, 0.25) is 0 Å². The maximum Gasteiger partial charge on any atom is 0.316 e. The lowest BCUT2D eigenvalue weighted by Crippen LogP contribution is -2.54. The Morgan fingerprint density at radius 3 is 2.46 bits per heavy atom. The molecule has 0 bridgehead atoms. The van der Waals surface area contributed by atoms with E-state index in [1.54, 1.807) is 0 Å². The quantitative estimate of drug-likeness (QED) is 0.153. The van der Waals surface area contributed by atoms with Crippen LogP contribution in [0.1, 0.15) is 122 Å². The summed E-state index contributed by atoms with van der Waals surface area (Å²) in [5, 5.41) is 0.497. The van der Waals surface area contributed by atoms with Crippen molar-refractivity contribution in [3.63, 3.8) is 0 Å². The fourth-order valence-electron chi connectivity index (χ4n) is 11.6. The summed E-state index contributed by atoms with van der Waals surface area (Å²) >= 11 is 1.28. The van der Waals surface area contributed by atoms with Crippen LogP contribution < -0.4 is 5.56 Å². The van der Waals surface area contributed by atoms with Gasteiger partial charge in [0.25, 0.3) is 5.56 Å². The number of piperidine rings is 1. The molecule has 0 aromatic carbocycles. The van der Waals surface area contributed by atoms with Crippen molar-refractivity contribution in [1.29, 1.82) is 0 Å². The summed E-state index contributed by atoms with van der Waals surface area (Å²) in [5.74, 6) is 4.83. The molecule has 0 amide bonds. The van der Waals surface area contributed by atoms with E-state index in [0.717, 1.165) is 73.7 Å². The molecule has 6 rings (SSSR count). The standard InChI is InChI=1S/C39H61N3O5S/c1-24-15-19-42(20-16-24)22-30-26(3)40-37(41-36(30)45)48-23-35(44)47-28-13-17-38(4)27(21-28)8-9-29-32-11-10-31(25(2)7-12-34(43)46-6)39(32,5)18-14-33(29)38/h24-25,27-29,31-33H,7-23H2,1-6H3,(H,40,41,45)/t25-,27+,28-,29+,31-,32+,33+,38+,39-/m1/s1. The van der Waals surface area contributed by atoms with Gasteiger partial charge in [0.2, 0.25) is 0 Å². The van der Waals surface area contributed by atoms with Gasteiger partial charge in [-0.25, -0.2) is 4.98 Å². The number of carbonyl (C=O) groups is 2. The maximum absolute atomic E-state index is 13.0. The van der Waals surface area contributed by atoms with E-state index < -0.39 is 0 Å². The highest BCUT2D eigenvalue weighted by molar-refractivity contribution is 7.99. The van der Waals surface area contributed by atoms with Gasteiger partial charge in [-0.2, -0.15) is 0 Å². The fraction of sp³-hybridized carbons (Fsp3) is 0.846. The number of H-pyrrole nitrogens is 1. The lowest BCUT2D eigenvalue weighted by Gasteiger charge is -2.61. The summed E-state index contributed by atoms with van der Waals surface area (Å²) in [6.07, 6.45) is 14.6. The van der Waals surface area contributed by atoms with Crippen molar-refractivity contribution in [2.24, 2.45) is 52.3 Å². The molecule has 5 aliphatic rings. The van der Waals surface area contributed by atoms with Crippen LogP contribution in [0.5, 0.6) is 0 Å². The molecule has 4 saturated carbocycles. The first-order valence-electron chi connectivity index (χ1n) is 19.1. The molecule has 5 fully saturated rings. The van der Waals surface area contributed by atoms with Crippen LogP contribution in [0.25, 0.3) is 0 Å². The fourth-order valence-corrected chi connectivity index (χ4v) is 12.3. The number of nitrogens with zero attached hydrogens (tertiary/aromatic N) is 2. The van der Waals surface area contributed by atoms with E-state index in [0.29, 0.717) is 46.7 Å². The Hall–Kier alpha value is -1.87. The van der Waals surface area contributed by atoms with Crippen molar-refractivity contribution in [2.45, 2.75) is 136 Å². The molecule has 1 aliphatic heterocycles. The van der Waals surface area contributed by atoms with E-state index >= 15 is 0 Å². The molecular weight excluding hydrogens is 623 g/mol. The molecule has 8 nitrogen and oxygen atoms in total. The average molecular weight is 684 g/mol. The number of thioether (sulfide) groups is 1. The normalized spacial score (nSPS) is 36.0. The molecule has 0 radical (unpaired) electrons. The van der Waals surface area contributed by atoms with Gasteiger partial charge in [-0.3, -0.25) is 19.3 Å². The summed E-state index contributed by atoms with van der Waals surface area (Å²) in [7, 11) is 1.49. The number of esters is 2. The van der Waals surface area contributed by atoms with E-state index in [-0.39, 0.29) is 29.4 Å². The van der Waals surface area contributed by atoms with Crippen LogP contribution in [0.15, 0.2) is 9.95 Å². The number of hydrogen-bond donors (Lipinski definition) is 1. The first-order chi connectivity index (χ1) is 22.9. The summed E-state index contributed by atoms with van der Waals surface area (Å²) in [4.78, 5) is 47.7. The zero-order valence-electron chi connectivity index (χ0n) is 30.5. The van der Waals surface area contributed by atoms with Crippen molar-refractivity contribution in [3.8, 4) is 0 Å². The smallest absolute Gasteiger partial charge is 0.316 e. The molecule has 1 saturated heterocycles. The van der Waals surface area contributed by atoms with Crippen molar-refractivity contribution < 1.29 is 19.1 Å². The summed E-state index contributed by atoms with van der Waals surface area (Å²) < 4.78 is 11.0. The number of aryl methyl sites for hydroxylation is 1. The van der Waals surface area contributed by atoms with Gasteiger partial charge in [-0.1, -0.05) is 39.5 Å². The van der Waals surface area contributed by atoms with Crippen LogP contribution in [0, 0.1) is 59.2 Å². The molecule has 268 valence electrons. The Labute approximate surface area is 292 Å². The minimum absolute atomic E-state index is 0.0171. The van der Waals surface area contributed by atoms with Crippen LogP contribution >= 0.6 is 11.8 Å². The molecule has 9 atom stereocenters. The average Bonchev–Trinajstić information content (AvgIpc) is 3.42. The third-order valence-corrected chi connectivity index (χ3v) is 15.3. The first-order valence-corrected chi connectivity index (χ1v) is 20.1. The second-order valence-electron chi connectivity index (χ2n) is 17.0. The van der Waals surface area contributed by atoms with Crippen LogP contribution in [0.3, 0.4) is 0 Å². The minimum Gasteiger partial charge on any atom is -0.469 e. The van der Waals surface area contributed by atoms with Gasteiger partial charge >= 0.3 is 11.9 Å². The number of likely N-dealkylation sites (tertiary alicyclic amines) is 1. The third-order valence-electron chi connectivity index (χ3n) is 14.5. The topological polar surface area (TPSA) is 102 Å². The van der Waals surface area contributed by atoms with Crippen molar-refractivity contribution >= 4 is 23.7 Å². The van der Waals surface area contributed by atoms with Gasteiger partial charge in [0.05, 0.1) is 24.1 Å². The predicted octanol–water partition coefficient (Wildman–Crippen LogP) is 7.56. The second kappa shape index (κ2) is 14.8. The second-order valence-corrected chi connectivity index (χ2v) is 18.0. The van der Waals surface area contributed by atoms with Gasteiger partial charge in [0.1, 0.15) is 6.10 Å².